The summed E-state index contributed by atoms with van der Waals surface area (Å²) in [5, 5.41) is 12.7. The maximum Gasteiger partial charge on any atom is 0.255 e. The third-order valence-electron chi connectivity index (χ3n) is 4.34. The summed E-state index contributed by atoms with van der Waals surface area (Å²) in [4.78, 5) is 12.2. The number of benzene rings is 1. The topological polar surface area (TPSA) is 84.6 Å². The number of nitrogens with two attached hydrogens (primary N) is 1. The van der Waals surface area contributed by atoms with Crippen LogP contribution in [0.15, 0.2) is 18.2 Å². The Bertz CT molecular complexity index is 490. The van der Waals surface area contributed by atoms with E-state index >= 15 is 0 Å². The maximum absolute atomic E-state index is 12.2. The van der Waals surface area contributed by atoms with Gasteiger partial charge >= 0.3 is 0 Å². The number of nitrogens with one attached hydrogen (secondary N) is 1. The van der Waals surface area contributed by atoms with Gasteiger partial charge in [0.05, 0.1) is 12.7 Å². The molecule has 1 aromatic rings. The van der Waals surface area contributed by atoms with Crippen molar-refractivity contribution in [2.24, 2.45) is 17.6 Å². The molecule has 1 amide bonds. The summed E-state index contributed by atoms with van der Waals surface area (Å²) in [5.41, 5.74) is 6.05. The molecule has 0 spiro atoms. The van der Waals surface area contributed by atoms with Crippen LogP contribution in [0.1, 0.15) is 36.0 Å². The van der Waals surface area contributed by atoms with E-state index in [4.69, 9.17) is 10.5 Å². The number of ether oxygens (including phenoxy) is 1. The van der Waals surface area contributed by atoms with E-state index < -0.39 is 0 Å². The van der Waals surface area contributed by atoms with Gasteiger partial charge in [0.2, 0.25) is 0 Å². The van der Waals surface area contributed by atoms with Gasteiger partial charge in [-0.15, -0.1) is 0 Å². The second-order valence-corrected chi connectivity index (χ2v) is 5.63. The number of hydrogen-bond donors (Lipinski definition) is 3. The highest BCUT2D eigenvalue weighted by molar-refractivity contribution is 5.97. The second kappa shape index (κ2) is 7.31. The Morgan fingerprint density at radius 1 is 1.38 bits per heavy atom. The molecular formula is C16H24N2O3. The summed E-state index contributed by atoms with van der Waals surface area (Å²) >= 11 is 0. The zero-order chi connectivity index (χ0) is 15.2. The molecule has 0 saturated heterocycles. The van der Waals surface area contributed by atoms with Gasteiger partial charge in [0.25, 0.3) is 5.91 Å². The van der Waals surface area contributed by atoms with Gasteiger partial charge in [-0.25, -0.2) is 0 Å². The summed E-state index contributed by atoms with van der Waals surface area (Å²) in [6, 6.07) is 4.64. The van der Waals surface area contributed by atoms with E-state index in [-0.39, 0.29) is 17.2 Å². The number of carbonyl (C=O) groups is 1. The number of amides is 1. The lowest BCUT2D eigenvalue weighted by Crippen LogP contribution is -2.36. The summed E-state index contributed by atoms with van der Waals surface area (Å²) < 4.78 is 5.08. The molecule has 1 aliphatic carbocycles. The van der Waals surface area contributed by atoms with Crippen LogP contribution in [0.3, 0.4) is 0 Å². The molecule has 21 heavy (non-hydrogen) atoms. The van der Waals surface area contributed by atoms with E-state index in [1.807, 2.05) is 0 Å². The summed E-state index contributed by atoms with van der Waals surface area (Å²) in [7, 11) is 1.53. The van der Waals surface area contributed by atoms with Crippen LogP contribution in [0, 0.1) is 11.8 Å². The minimum Gasteiger partial charge on any atom is -0.507 e. The summed E-state index contributed by atoms with van der Waals surface area (Å²) in [6.07, 6.45) is 4.66. The van der Waals surface area contributed by atoms with Crippen molar-refractivity contribution in [3.05, 3.63) is 23.8 Å². The summed E-state index contributed by atoms with van der Waals surface area (Å²) in [6.45, 7) is 1.28. The number of phenols is 1. The quantitative estimate of drug-likeness (QED) is 0.774. The molecule has 5 nitrogen and oxygen atoms in total. The van der Waals surface area contributed by atoms with Crippen LogP contribution in [0.4, 0.5) is 0 Å². The average molecular weight is 292 g/mol. The fourth-order valence-corrected chi connectivity index (χ4v) is 3.01. The molecule has 1 aromatic carbocycles. The lowest BCUT2D eigenvalue weighted by Gasteiger charge is -2.30. The van der Waals surface area contributed by atoms with Crippen molar-refractivity contribution >= 4 is 5.91 Å². The fraction of sp³-hybridized carbons (Fsp3) is 0.562. The fourth-order valence-electron chi connectivity index (χ4n) is 3.01. The van der Waals surface area contributed by atoms with Crippen molar-refractivity contribution in [2.45, 2.75) is 25.7 Å². The molecule has 0 aromatic heterocycles. The Labute approximate surface area is 125 Å². The molecular weight excluding hydrogens is 268 g/mol. The zero-order valence-corrected chi connectivity index (χ0v) is 12.5. The largest absolute Gasteiger partial charge is 0.507 e. The molecule has 1 saturated carbocycles. The van der Waals surface area contributed by atoms with Gasteiger partial charge in [-0.05, 0) is 49.4 Å². The van der Waals surface area contributed by atoms with Crippen molar-refractivity contribution in [3.63, 3.8) is 0 Å². The number of phenolic OH excluding ortho intramolecular Hbond substituents is 1. The number of carbonyl (C=O) groups excluding carboxylic acids is 1. The second-order valence-electron chi connectivity index (χ2n) is 5.63. The van der Waals surface area contributed by atoms with Gasteiger partial charge in [0.1, 0.15) is 11.5 Å². The highest BCUT2D eigenvalue weighted by Gasteiger charge is 2.24. The van der Waals surface area contributed by atoms with Crippen LogP contribution in [0.2, 0.25) is 0 Å². The number of hydrogen-bond acceptors (Lipinski definition) is 4. The van der Waals surface area contributed by atoms with Crippen molar-refractivity contribution in [3.8, 4) is 11.5 Å². The smallest absolute Gasteiger partial charge is 0.255 e. The van der Waals surface area contributed by atoms with Crippen LogP contribution in [-0.4, -0.2) is 31.2 Å². The first-order valence-corrected chi connectivity index (χ1v) is 7.51. The molecule has 0 aliphatic heterocycles. The summed E-state index contributed by atoms with van der Waals surface area (Å²) in [5.74, 6) is 1.16. The first-order chi connectivity index (χ1) is 10.2. The minimum absolute atomic E-state index is 0.0349. The van der Waals surface area contributed by atoms with Crippen molar-refractivity contribution < 1.29 is 14.6 Å². The molecule has 1 fully saturated rings. The number of methoxy groups -OCH3 is 1. The maximum atomic E-state index is 12.2. The van der Waals surface area contributed by atoms with Gasteiger partial charge in [0.15, 0.2) is 0 Å². The number of aromatic hydroxyl groups is 1. The molecule has 4 N–H and O–H groups in total. The molecule has 2 atom stereocenters. The highest BCUT2D eigenvalue weighted by atomic mass is 16.5. The van der Waals surface area contributed by atoms with Crippen LogP contribution in [0.25, 0.3) is 0 Å². The molecule has 2 rings (SSSR count). The predicted molar refractivity (Wildman–Crippen MR) is 81.5 cm³/mol. The predicted octanol–water partition coefficient (Wildman–Crippen LogP) is 1.90. The molecule has 0 heterocycles. The van der Waals surface area contributed by atoms with E-state index in [9.17, 15) is 9.90 Å². The molecule has 5 heteroatoms. The SMILES string of the molecule is COc1ccc(O)c(C(=O)NCC2CCCCC2CN)c1. The molecule has 116 valence electrons. The third-order valence-corrected chi connectivity index (χ3v) is 4.34. The van der Waals surface area contributed by atoms with Gasteiger partial charge in [0, 0.05) is 6.54 Å². The molecule has 1 aliphatic rings. The first kappa shape index (κ1) is 15.6. The Morgan fingerprint density at radius 2 is 2.10 bits per heavy atom. The van der Waals surface area contributed by atoms with E-state index in [1.165, 1.54) is 26.0 Å². The van der Waals surface area contributed by atoms with E-state index in [2.05, 4.69) is 5.32 Å². The highest BCUT2D eigenvalue weighted by Crippen LogP contribution is 2.29. The monoisotopic (exact) mass is 292 g/mol. The van der Waals surface area contributed by atoms with E-state index in [1.54, 1.807) is 12.1 Å². The number of rotatable bonds is 5. The Hall–Kier alpha value is -1.75. The normalized spacial score (nSPS) is 21.8. The van der Waals surface area contributed by atoms with E-state index in [0.717, 1.165) is 12.8 Å². The minimum atomic E-state index is -0.271. The van der Waals surface area contributed by atoms with Crippen molar-refractivity contribution in [2.75, 3.05) is 20.2 Å². The lowest BCUT2D eigenvalue weighted by atomic mass is 9.79. The third kappa shape index (κ3) is 3.88. The van der Waals surface area contributed by atoms with Crippen LogP contribution in [0.5, 0.6) is 11.5 Å². The Kier molecular flexibility index (Phi) is 5.44. The van der Waals surface area contributed by atoms with Crippen molar-refractivity contribution in [1.82, 2.24) is 5.32 Å². The van der Waals surface area contributed by atoms with Crippen LogP contribution in [-0.2, 0) is 0 Å². The van der Waals surface area contributed by atoms with Crippen molar-refractivity contribution in [1.29, 1.82) is 0 Å². The molecule has 2 unspecified atom stereocenters. The first-order valence-electron chi connectivity index (χ1n) is 7.51. The lowest BCUT2D eigenvalue weighted by molar-refractivity contribution is 0.0932. The Morgan fingerprint density at radius 3 is 2.76 bits per heavy atom. The standard InChI is InChI=1S/C16H24N2O3/c1-21-13-6-7-15(19)14(8-13)16(20)18-10-12-5-3-2-4-11(12)9-17/h6-8,11-12,19H,2-5,9-10,17H2,1H3,(H,18,20). The van der Waals surface area contributed by atoms with Gasteiger partial charge in [-0.3, -0.25) is 4.79 Å². The van der Waals surface area contributed by atoms with Gasteiger partial charge in [-0.2, -0.15) is 0 Å². The van der Waals surface area contributed by atoms with Gasteiger partial charge in [-0.1, -0.05) is 12.8 Å². The molecule has 0 bridgehead atoms. The van der Waals surface area contributed by atoms with E-state index in [0.29, 0.717) is 30.7 Å². The van der Waals surface area contributed by atoms with Crippen LogP contribution < -0.4 is 15.8 Å². The van der Waals surface area contributed by atoms with Crippen LogP contribution >= 0.6 is 0 Å². The molecule has 0 radical (unpaired) electrons. The Balaban J connectivity index is 1.98. The van der Waals surface area contributed by atoms with Gasteiger partial charge < -0.3 is 20.9 Å². The zero-order valence-electron chi connectivity index (χ0n) is 12.5. The average Bonchev–Trinajstić information content (AvgIpc) is 2.53.